The maximum Gasteiger partial charge on any atom is 0.335 e. The summed E-state index contributed by atoms with van der Waals surface area (Å²) in [5.74, 6) is -2.90. The van der Waals surface area contributed by atoms with Crippen LogP contribution in [0, 0.1) is 5.92 Å². The van der Waals surface area contributed by atoms with Crippen molar-refractivity contribution in [2.24, 2.45) is 5.92 Å². The number of aliphatic hydroxyl groups excluding tert-OH is 2. The number of imide groups is 1. The van der Waals surface area contributed by atoms with Crippen LogP contribution in [-0.4, -0.2) is 113 Å². The first kappa shape index (κ1) is 29.7. The number of hydrogen-bond acceptors (Lipinski definition) is 10. The van der Waals surface area contributed by atoms with Crippen LogP contribution in [0.3, 0.4) is 0 Å². The van der Waals surface area contributed by atoms with Gasteiger partial charge >= 0.3 is 11.9 Å². The molecule has 6 N–H and O–H groups in total. The zero-order valence-electron chi connectivity index (χ0n) is 24.2. The van der Waals surface area contributed by atoms with E-state index in [9.17, 15) is 29.4 Å². The fraction of sp³-hybridized carbons (Fsp3) is 0.500. The Morgan fingerprint density at radius 1 is 0.933 bits per heavy atom. The molecule has 2 unspecified atom stereocenters. The smallest absolute Gasteiger partial charge is 0.335 e. The normalized spacial score (nSPS) is 32.1. The zero-order valence-corrected chi connectivity index (χ0v) is 24.2. The lowest BCUT2D eigenvalue weighted by molar-refractivity contribution is -0.196. The number of likely N-dealkylation sites (tertiary alicyclic amines) is 1. The number of aliphatic hydroxyl groups is 3. The van der Waals surface area contributed by atoms with E-state index in [1.54, 1.807) is 30.3 Å². The molecule has 1 saturated heterocycles. The predicted molar refractivity (Wildman–Crippen MR) is 153 cm³/mol. The summed E-state index contributed by atoms with van der Waals surface area (Å²) in [7, 11) is 0. The summed E-state index contributed by atoms with van der Waals surface area (Å²) >= 11 is 0. The predicted octanol–water partition coefficient (Wildman–Crippen LogP) is 0.499. The van der Waals surface area contributed by atoms with E-state index in [1.165, 1.54) is 17.7 Å². The molecular formula is C32H34N2O11. The Balaban J connectivity index is 0.000000284. The summed E-state index contributed by atoms with van der Waals surface area (Å²) < 4.78 is 6.55. The number of rotatable bonds is 6. The Labute approximate surface area is 257 Å². The summed E-state index contributed by atoms with van der Waals surface area (Å²) in [5, 5.41) is 55.9. The molecule has 7 atom stereocenters. The van der Waals surface area contributed by atoms with Crippen LogP contribution in [0.4, 0.5) is 0 Å². The van der Waals surface area contributed by atoms with Crippen molar-refractivity contribution in [3.8, 4) is 11.5 Å². The van der Waals surface area contributed by atoms with Crippen molar-refractivity contribution in [3.05, 3.63) is 58.7 Å². The van der Waals surface area contributed by atoms with Crippen LogP contribution < -0.4 is 4.74 Å². The highest BCUT2D eigenvalue weighted by Crippen LogP contribution is 2.66. The summed E-state index contributed by atoms with van der Waals surface area (Å²) in [6.45, 7) is 1.85. The van der Waals surface area contributed by atoms with Gasteiger partial charge in [0.05, 0.1) is 28.2 Å². The SMILES string of the molecule is O=C(O)C(O)C(O)C(=O)O.O=C1c2ccccc2C(=O)N1[C@H]1CC[C@@]2(O)[C@H]3Cc4ccc(O)c5c4[C@@]2(CCN3CC2CC2)[C@H]1O5. The molecule has 13 nitrogen and oxygen atoms in total. The molecule has 2 saturated carbocycles. The number of nitrogens with zero attached hydrogens (tertiary/aromatic N) is 2. The molecule has 0 radical (unpaired) electrons. The first-order valence-corrected chi connectivity index (χ1v) is 15.2. The zero-order chi connectivity index (χ0) is 32.0. The second-order valence-electron chi connectivity index (χ2n) is 13.0. The van der Waals surface area contributed by atoms with E-state index >= 15 is 0 Å². The van der Waals surface area contributed by atoms with Gasteiger partial charge in [-0.3, -0.25) is 19.4 Å². The van der Waals surface area contributed by atoms with Gasteiger partial charge in [-0.25, -0.2) is 9.59 Å². The average Bonchev–Trinajstić information content (AvgIpc) is 3.71. The number of phenolic OH excluding ortho intramolecular Hbond substituents is 1. The Morgan fingerprint density at radius 3 is 2.13 bits per heavy atom. The van der Waals surface area contributed by atoms with Crippen molar-refractivity contribution >= 4 is 23.8 Å². The van der Waals surface area contributed by atoms with E-state index in [1.807, 2.05) is 6.07 Å². The third-order valence-electron chi connectivity index (χ3n) is 10.7. The number of benzene rings is 2. The van der Waals surface area contributed by atoms with Crippen molar-refractivity contribution in [2.45, 2.75) is 79.9 Å². The molecule has 2 bridgehead atoms. The van der Waals surface area contributed by atoms with Crippen molar-refractivity contribution in [3.63, 3.8) is 0 Å². The maximum absolute atomic E-state index is 13.5. The van der Waals surface area contributed by atoms with Gasteiger partial charge in [-0.15, -0.1) is 0 Å². The largest absolute Gasteiger partial charge is 0.504 e. The molecule has 3 fully saturated rings. The number of hydrogen-bond donors (Lipinski definition) is 6. The van der Waals surface area contributed by atoms with Gasteiger partial charge in [-0.2, -0.15) is 0 Å². The topological polar surface area (TPSA) is 205 Å². The summed E-state index contributed by atoms with van der Waals surface area (Å²) in [4.78, 5) is 50.3. The Hall–Kier alpha value is -4.04. The molecule has 3 heterocycles. The first-order chi connectivity index (χ1) is 21.4. The van der Waals surface area contributed by atoms with Gasteiger partial charge in [-0.1, -0.05) is 18.2 Å². The van der Waals surface area contributed by atoms with Crippen molar-refractivity contribution in [2.75, 3.05) is 13.1 Å². The highest BCUT2D eigenvalue weighted by molar-refractivity contribution is 6.21. The average molecular weight is 623 g/mol. The molecule has 2 aromatic carbocycles. The highest BCUT2D eigenvalue weighted by Gasteiger charge is 2.74. The fourth-order valence-corrected chi connectivity index (χ4v) is 8.50. The summed E-state index contributed by atoms with van der Waals surface area (Å²) in [6, 6.07) is 10.1. The van der Waals surface area contributed by atoms with E-state index in [2.05, 4.69) is 4.90 Å². The minimum atomic E-state index is -2.27. The molecule has 3 aliphatic heterocycles. The van der Waals surface area contributed by atoms with Crippen molar-refractivity contribution in [1.82, 2.24) is 9.80 Å². The number of ether oxygens (including phenoxy) is 1. The van der Waals surface area contributed by atoms with Gasteiger partial charge < -0.3 is 35.4 Å². The van der Waals surface area contributed by atoms with E-state index in [0.717, 1.165) is 36.6 Å². The summed E-state index contributed by atoms with van der Waals surface area (Å²) in [5.41, 5.74) is 1.09. The number of carbonyl (C=O) groups excluding carboxylic acids is 2. The molecule has 13 heteroatoms. The standard InChI is InChI=1S/C28H28N2O5.C4H6O6/c31-20-8-7-16-13-21-28(34)10-9-19(30-25(32)17-3-1-2-4-18(17)26(30)33)24-27(28,22(16)23(20)35-24)11-12-29(21)14-15-5-6-15;5-1(3(7)8)2(6)4(9)10/h1-4,7-8,15,19,21,24,31,34H,5-6,9-14H2;1-2,5-6H,(H,7,8)(H,9,10)/t19-,21+,24-,27-,28+;/m0./s1. The van der Waals surface area contributed by atoms with E-state index in [-0.39, 0.29) is 23.6 Å². The lowest BCUT2D eigenvalue weighted by atomic mass is 9.48. The number of fused-ring (bicyclic) bond motifs is 1. The van der Waals surface area contributed by atoms with Crippen LogP contribution in [0.2, 0.25) is 0 Å². The number of carbonyl (C=O) groups is 4. The van der Waals surface area contributed by atoms with Crippen LogP contribution in [0.5, 0.6) is 11.5 Å². The van der Waals surface area contributed by atoms with Crippen LogP contribution >= 0.6 is 0 Å². The second-order valence-corrected chi connectivity index (χ2v) is 13.0. The third kappa shape index (κ3) is 4.14. The Bertz CT molecular complexity index is 1570. The van der Waals surface area contributed by atoms with Crippen LogP contribution in [0.25, 0.3) is 0 Å². The lowest BCUT2D eigenvalue weighted by Gasteiger charge is -2.64. The number of phenols is 1. The molecule has 238 valence electrons. The van der Waals surface area contributed by atoms with Gasteiger partial charge in [0.15, 0.2) is 23.7 Å². The van der Waals surface area contributed by atoms with E-state index in [4.69, 9.17) is 25.2 Å². The van der Waals surface area contributed by atoms with Crippen LogP contribution in [0.15, 0.2) is 36.4 Å². The molecule has 3 aliphatic carbocycles. The number of aliphatic carboxylic acids is 2. The summed E-state index contributed by atoms with van der Waals surface area (Å²) in [6.07, 6.45) is -0.227. The van der Waals surface area contributed by atoms with Crippen molar-refractivity contribution in [1.29, 1.82) is 0 Å². The van der Waals surface area contributed by atoms with Crippen molar-refractivity contribution < 1.29 is 54.6 Å². The van der Waals surface area contributed by atoms with Gasteiger partial charge in [0.2, 0.25) is 0 Å². The van der Waals surface area contributed by atoms with Crippen LogP contribution in [-0.2, 0) is 21.4 Å². The molecule has 0 aromatic heterocycles. The Morgan fingerprint density at radius 2 is 1.56 bits per heavy atom. The molecule has 2 aromatic rings. The fourth-order valence-electron chi connectivity index (χ4n) is 8.50. The monoisotopic (exact) mass is 622 g/mol. The molecule has 45 heavy (non-hydrogen) atoms. The maximum atomic E-state index is 13.5. The van der Waals surface area contributed by atoms with E-state index < -0.39 is 47.3 Å². The third-order valence-corrected chi connectivity index (χ3v) is 10.7. The lowest BCUT2D eigenvalue weighted by Crippen LogP contribution is -2.78. The molecular weight excluding hydrogens is 588 g/mol. The van der Waals surface area contributed by atoms with Gasteiger partial charge in [-0.05, 0) is 74.8 Å². The molecule has 8 rings (SSSR count). The second kappa shape index (κ2) is 10.2. The number of carboxylic acids is 2. The minimum absolute atomic E-state index is 0.0333. The number of amides is 2. The number of aromatic hydroxyl groups is 1. The number of carboxylic acid groups (broad SMARTS) is 2. The molecule has 1 spiro atoms. The van der Waals surface area contributed by atoms with Gasteiger partial charge in [0, 0.05) is 18.2 Å². The minimum Gasteiger partial charge on any atom is -0.504 e. The van der Waals surface area contributed by atoms with Crippen LogP contribution in [0.1, 0.15) is 63.9 Å². The van der Waals surface area contributed by atoms with E-state index in [0.29, 0.717) is 36.1 Å². The van der Waals surface area contributed by atoms with Gasteiger partial charge in [0.25, 0.3) is 11.8 Å². The number of piperidine rings is 1. The Kier molecular flexibility index (Phi) is 6.75. The quantitative estimate of drug-likeness (QED) is 0.244. The molecule has 6 aliphatic rings. The molecule has 2 amide bonds. The highest BCUT2D eigenvalue weighted by atomic mass is 16.5. The first-order valence-electron chi connectivity index (χ1n) is 15.2. The van der Waals surface area contributed by atoms with Gasteiger partial charge in [0.1, 0.15) is 6.10 Å².